The van der Waals surface area contributed by atoms with Crippen LogP contribution in [0.25, 0.3) is 10.9 Å². The molecule has 6 heteroatoms. The van der Waals surface area contributed by atoms with Gasteiger partial charge in [-0.25, -0.2) is 4.98 Å². The third-order valence-corrected chi connectivity index (χ3v) is 7.64. The maximum Gasteiger partial charge on any atom is 0.231 e. The number of amides is 1. The topological polar surface area (TPSA) is 64.3 Å². The Hall–Kier alpha value is -2.70. The van der Waals surface area contributed by atoms with Crippen molar-refractivity contribution in [3.05, 3.63) is 60.4 Å². The third-order valence-electron chi connectivity index (χ3n) is 7.64. The van der Waals surface area contributed by atoms with Crippen molar-refractivity contribution < 1.29 is 4.79 Å². The van der Waals surface area contributed by atoms with Crippen molar-refractivity contribution >= 4 is 22.6 Å². The number of pyridine rings is 1. The quantitative estimate of drug-likeness (QED) is 0.594. The van der Waals surface area contributed by atoms with E-state index in [9.17, 15) is 4.79 Å². The zero-order valence-electron chi connectivity index (χ0n) is 19.6. The van der Waals surface area contributed by atoms with E-state index in [4.69, 9.17) is 0 Å². The summed E-state index contributed by atoms with van der Waals surface area (Å²) in [6.45, 7) is 6.59. The highest BCUT2D eigenvalue weighted by atomic mass is 16.2. The van der Waals surface area contributed by atoms with Gasteiger partial charge < -0.3 is 10.3 Å². The molecular formula is C27H35N5O. The minimum absolute atomic E-state index is 0.128. The molecule has 3 heterocycles. The molecule has 0 bridgehead atoms. The van der Waals surface area contributed by atoms with Crippen molar-refractivity contribution in [2.24, 2.45) is 5.92 Å². The van der Waals surface area contributed by atoms with E-state index in [1.54, 1.807) is 6.20 Å². The molecule has 2 fully saturated rings. The van der Waals surface area contributed by atoms with Crippen LogP contribution in [0.15, 0.2) is 54.9 Å². The minimum atomic E-state index is -0.149. The maximum atomic E-state index is 13.6. The Morgan fingerprint density at radius 3 is 2.85 bits per heavy atom. The van der Waals surface area contributed by atoms with Crippen LogP contribution in [0.4, 0.5) is 5.82 Å². The predicted molar refractivity (Wildman–Crippen MR) is 133 cm³/mol. The molecule has 1 aliphatic heterocycles. The molecule has 1 atom stereocenters. The summed E-state index contributed by atoms with van der Waals surface area (Å²) in [5, 5.41) is 4.88. The second-order valence-electron chi connectivity index (χ2n) is 9.69. The Morgan fingerprint density at radius 2 is 2.03 bits per heavy atom. The van der Waals surface area contributed by atoms with E-state index < -0.39 is 0 Å². The van der Waals surface area contributed by atoms with Crippen LogP contribution in [-0.2, 0) is 10.3 Å². The van der Waals surface area contributed by atoms with E-state index in [1.807, 2.05) is 29.3 Å². The summed E-state index contributed by atoms with van der Waals surface area (Å²) in [6, 6.07) is 14.6. The van der Waals surface area contributed by atoms with Gasteiger partial charge in [0.25, 0.3) is 0 Å². The Morgan fingerprint density at radius 1 is 1.15 bits per heavy atom. The average molecular weight is 446 g/mol. The number of benzene rings is 1. The summed E-state index contributed by atoms with van der Waals surface area (Å²) in [5.74, 6) is 1.15. The molecule has 5 rings (SSSR count). The molecule has 2 N–H and O–H groups in total. The first-order chi connectivity index (χ1) is 16.2. The van der Waals surface area contributed by atoms with Crippen LogP contribution in [0, 0.1) is 5.92 Å². The van der Waals surface area contributed by atoms with Gasteiger partial charge in [0, 0.05) is 61.9 Å². The highest BCUT2D eigenvalue weighted by Gasteiger charge is 2.38. The highest BCUT2D eigenvalue weighted by molar-refractivity contribution is 5.94. The van der Waals surface area contributed by atoms with Crippen LogP contribution in [-0.4, -0.2) is 53.5 Å². The van der Waals surface area contributed by atoms with E-state index >= 15 is 0 Å². The number of aromatic nitrogens is 2. The monoisotopic (exact) mass is 445 g/mol. The number of hydrogen-bond donors (Lipinski definition) is 2. The standard InChI is InChI=1S/C27H35N5O/c1-27(23-10-7-11-24-22(23)13-15-29-24)20-28-16-17-31(27)18-19-32(25-12-5-6-14-30-25)26(33)21-8-3-2-4-9-21/h5-7,10-15,21,28-29H,2-4,8-9,16-20H2,1H3/t27-/m0/s1. The third kappa shape index (κ3) is 4.42. The number of nitrogens with zero attached hydrogens (tertiary/aromatic N) is 3. The summed E-state index contributed by atoms with van der Waals surface area (Å²) >= 11 is 0. The Kier molecular flexibility index (Phi) is 6.47. The SMILES string of the molecule is C[C@@]1(c2cccc3[nH]ccc23)CNCCN1CCN(C(=O)C1CCCCC1)c1ccccn1. The van der Waals surface area contributed by atoms with Crippen molar-refractivity contribution in [3.8, 4) is 0 Å². The fourth-order valence-electron chi connectivity index (χ4n) is 5.73. The molecule has 0 unspecified atom stereocenters. The molecule has 0 spiro atoms. The first-order valence-corrected chi connectivity index (χ1v) is 12.4. The van der Waals surface area contributed by atoms with Crippen LogP contribution in [0.5, 0.6) is 0 Å². The number of rotatable bonds is 6. The van der Waals surface area contributed by atoms with Gasteiger partial charge in [0.05, 0.1) is 5.54 Å². The lowest BCUT2D eigenvalue weighted by atomic mass is 9.86. The van der Waals surface area contributed by atoms with Crippen LogP contribution in [0.2, 0.25) is 0 Å². The largest absolute Gasteiger partial charge is 0.361 e. The number of fused-ring (bicyclic) bond motifs is 1. The second-order valence-corrected chi connectivity index (χ2v) is 9.69. The molecule has 2 aliphatic rings. The van der Waals surface area contributed by atoms with E-state index in [1.165, 1.54) is 22.9 Å². The van der Waals surface area contributed by atoms with Crippen LogP contribution in [0.3, 0.4) is 0 Å². The summed E-state index contributed by atoms with van der Waals surface area (Å²) in [4.78, 5) is 26.0. The molecule has 33 heavy (non-hydrogen) atoms. The number of anilines is 1. The number of aromatic amines is 1. The van der Waals surface area contributed by atoms with Crippen molar-refractivity contribution in [2.45, 2.75) is 44.6 Å². The molecule has 174 valence electrons. The highest BCUT2D eigenvalue weighted by Crippen LogP contribution is 2.35. The number of carbonyl (C=O) groups excluding carboxylic acids is 1. The molecule has 2 aromatic heterocycles. The van der Waals surface area contributed by atoms with Gasteiger partial charge in [-0.3, -0.25) is 14.6 Å². The van der Waals surface area contributed by atoms with Crippen LogP contribution in [0.1, 0.15) is 44.6 Å². The smallest absolute Gasteiger partial charge is 0.231 e. The molecule has 0 radical (unpaired) electrons. The molecule has 1 saturated heterocycles. The first kappa shape index (κ1) is 22.1. The Balaban J connectivity index is 1.40. The molecule has 1 saturated carbocycles. The fourth-order valence-corrected chi connectivity index (χ4v) is 5.73. The van der Waals surface area contributed by atoms with Gasteiger partial charge in [-0.15, -0.1) is 0 Å². The minimum Gasteiger partial charge on any atom is -0.361 e. The molecule has 3 aromatic rings. The zero-order chi connectivity index (χ0) is 22.7. The zero-order valence-corrected chi connectivity index (χ0v) is 19.6. The lowest BCUT2D eigenvalue weighted by Gasteiger charge is -2.46. The molecular weight excluding hydrogens is 410 g/mol. The van der Waals surface area contributed by atoms with Crippen molar-refractivity contribution in [3.63, 3.8) is 0 Å². The maximum absolute atomic E-state index is 13.6. The normalized spacial score (nSPS) is 22.5. The van der Waals surface area contributed by atoms with Gasteiger partial charge in [-0.2, -0.15) is 0 Å². The van der Waals surface area contributed by atoms with E-state index in [2.05, 4.69) is 51.4 Å². The second kappa shape index (κ2) is 9.65. The van der Waals surface area contributed by atoms with Gasteiger partial charge in [-0.05, 0) is 49.6 Å². The number of piperazine rings is 1. The molecule has 1 aromatic carbocycles. The Bertz CT molecular complexity index is 1070. The van der Waals surface area contributed by atoms with Crippen molar-refractivity contribution in [1.82, 2.24) is 20.2 Å². The van der Waals surface area contributed by atoms with Gasteiger partial charge in [0.1, 0.15) is 5.82 Å². The van der Waals surface area contributed by atoms with Crippen molar-refractivity contribution in [2.75, 3.05) is 37.6 Å². The predicted octanol–water partition coefficient (Wildman–Crippen LogP) is 4.30. The lowest BCUT2D eigenvalue weighted by Crippen LogP contribution is -2.59. The van der Waals surface area contributed by atoms with Crippen molar-refractivity contribution in [1.29, 1.82) is 0 Å². The molecule has 6 nitrogen and oxygen atoms in total. The summed E-state index contributed by atoms with van der Waals surface area (Å²) in [5.41, 5.74) is 2.35. The molecule has 1 aliphatic carbocycles. The van der Waals surface area contributed by atoms with E-state index in [0.29, 0.717) is 6.54 Å². The summed E-state index contributed by atoms with van der Waals surface area (Å²) in [6.07, 6.45) is 9.37. The van der Waals surface area contributed by atoms with Gasteiger partial charge in [0.2, 0.25) is 5.91 Å². The van der Waals surface area contributed by atoms with E-state index in [-0.39, 0.29) is 17.4 Å². The average Bonchev–Trinajstić information content (AvgIpc) is 3.35. The summed E-state index contributed by atoms with van der Waals surface area (Å²) in [7, 11) is 0. The fraction of sp³-hybridized carbons (Fsp3) is 0.481. The number of hydrogen-bond acceptors (Lipinski definition) is 4. The van der Waals surface area contributed by atoms with Gasteiger partial charge in [0.15, 0.2) is 0 Å². The van der Waals surface area contributed by atoms with Crippen LogP contribution >= 0.6 is 0 Å². The lowest BCUT2D eigenvalue weighted by molar-refractivity contribution is -0.123. The number of carbonyl (C=O) groups is 1. The van der Waals surface area contributed by atoms with E-state index in [0.717, 1.165) is 57.7 Å². The molecule has 1 amide bonds. The number of nitrogens with one attached hydrogen (secondary N) is 2. The Labute approximate surface area is 196 Å². The van der Waals surface area contributed by atoms with Crippen LogP contribution < -0.4 is 10.2 Å². The number of H-pyrrole nitrogens is 1. The van der Waals surface area contributed by atoms with Gasteiger partial charge in [-0.1, -0.05) is 37.5 Å². The first-order valence-electron chi connectivity index (χ1n) is 12.4. The van der Waals surface area contributed by atoms with Gasteiger partial charge >= 0.3 is 0 Å². The summed E-state index contributed by atoms with van der Waals surface area (Å²) < 4.78 is 0.